The van der Waals surface area contributed by atoms with Gasteiger partial charge in [0.25, 0.3) is 0 Å². The largest absolute Gasteiger partial charge is 0.411 e. The molecule has 1 saturated carbocycles. The van der Waals surface area contributed by atoms with Crippen LogP contribution in [0.15, 0.2) is 24.3 Å². The van der Waals surface area contributed by atoms with Crippen LogP contribution in [-0.4, -0.2) is 48.6 Å². The Morgan fingerprint density at radius 2 is 1.73 bits per heavy atom. The number of aryl methyl sites for hydroxylation is 1. The zero-order valence-corrected chi connectivity index (χ0v) is 16.2. The first-order valence-corrected chi connectivity index (χ1v) is 9.45. The van der Waals surface area contributed by atoms with Crippen molar-refractivity contribution in [2.45, 2.75) is 49.9 Å². The molecule has 5 N–H and O–H groups in total. The predicted octanol–water partition coefficient (Wildman–Crippen LogP) is 0.919. The van der Waals surface area contributed by atoms with Crippen molar-refractivity contribution in [2.24, 2.45) is 5.73 Å². The SMILES string of the molecule is NCCNC(=O)C(CC(=O)NC1(C(F)(F)F)CC1)NC(=O)CCc1ccc(F)cc1. The van der Waals surface area contributed by atoms with Gasteiger partial charge in [-0.2, -0.15) is 13.2 Å². The van der Waals surface area contributed by atoms with Crippen LogP contribution in [-0.2, 0) is 20.8 Å². The third-order valence-corrected chi connectivity index (χ3v) is 4.71. The van der Waals surface area contributed by atoms with Gasteiger partial charge in [0.2, 0.25) is 17.7 Å². The van der Waals surface area contributed by atoms with Crippen molar-refractivity contribution in [3.63, 3.8) is 0 Å². The highest BCUT2D eigenvalue weighted by molar-refractivity contribution is 5.92. The summed E-state index contributed by atoms with van der Waals surface area (Å²) in [6.07, 6.45) is -5.48. The van der Waals surface area contributed by atoms with E-state index in [-0.39, 0.29) is 38.8 Å². The van der Waals surface area contributed by atoms with Crippen LogP contribution in [0.25, 0.3) is 0 Å². The van der Waals surface area contributed by atoms with E-state index in [4.69, 9.17) is 5.73 Å². The summed E-state index contributed by atoms with van der Waals surface area (Å²) in [5.74, 6) is -2.70. The number of rotatable bonds is 10. The third kappa shape index (κ3) is 6.68. The highest BCUT2D eigenvalue weighted by Gasteiger charge is 2.64. The van der Waals surface area contributed by atoms with Crippen LogP contribution in [0.5, 0.6) is 0 Å². The maximum Gasteiger partial charge on any atom is 0.411 e. The lowest BCUT2D eigenvalue weighted by Crippen LogP contribution is -2.53. The molecule has 0 radical (unpaired) electrons. The minimum absolute atomic E-state index is 0.0551. The van der Waals surface area contributed by atoms with E-state index in [9.17, 15) is 31.9 Å². The number of hydrogen-bond donors (Lipinski definition) is 4. The average Bonchev–Trinajstić information content (AvgIpc) is 3.45. The van der Waals surface area contributed by atoms with Crippen molar-refractivity contribution in [3.8, 4) is 0 Å². The molecule has 166 valence electrons. The van der Waals surface area contributed by atoms with E-state index >= 15 is 0 Å². The molecule has 0 heterocycles. The summed E-state index contributed by atoms with van der Waals surface area (Å²) in [7, 11) is 0. The van der Waals surface area contributed by atoms with Crippen LogP contribution in [0.2, 0.25) is 0 Å². The van der Waals surface area contributed by atoms with E-state index < -0.39 is 47.7 Å². The molecule has 0 aliphatic heterocycles. The van der Waals surface area contributed by atoms with Gasteiger partial charge in [-0.15, -0.1) is 0 Å². The van der Waals surface area contributed by atoms with E-state index in [1.807, 2.05) is 5.32 Å². The first kappa shape index (κ1) is 23.6. The molecule has 1 unspecified atom stereocenters. The number of halogens is 4. The lowest BCUT2D eigenvalue weighted by molar-refractivity contribution is -0.170. The molecule has 7 nitrogen and oxygen atoms in total. The second-order valence-corrected chi connectivity index (χ2v) is 7.16. The summed E-state index contributed by atoms with van der Waals surface area (Å²) in [5.41, 5.74) is 3.74. The number of alkyl halides is 3. The van der Waals surface area contributed by atoms with Crippen LogP contribution in [0, 0.1) is 5.82 Å². The van der Waals surface area contributed by atoms with Gasteiger partial charge in [-0.25, -0.2) is 4.39 Å². The Bertz CT molecular complexity index is 764. The summed E-state index contributed by atoms with van der Waals surface area (Å²) >= 11 is 0. The number of hydrogen-bond acceptors (Lipinski definition) is 4. The molecule has 1 atom stereocenters. The first-order valence-electron chi connectivity index (χ1n) is 9.45. The Hall–Kier alpha value is -2.69. The molecule has 1 aliphatic carbocycles. The minimum Gasteiger partial charge on any atom is -0.353 e. The minimum atomic E-state index is -4.58. The van der Waals surface area contributed by atoms with Gasteiger partial charge in [-0.3, -0.25) is 14.4 Å². The number of carbonyl (C=O) groups is 3. The molecule has 0 spiro atoms. The van der Waals surface area contributed by atoms with Crippen LogP contribution in [0.3, 0.4) is 0 Å². The molecule has 1 aliphatic rings. The van der Waals surface area contributed by atoms with Crippen LogP contribution < -0.4 is 21.7 Å². The summed E-state index contributed by atoms with van der Waals surface area (Å²) in [6, 6.07) is 4.16. The fourth-order valence-electron chi connectivity index (χ4n) is 2.81. The second-order valence-electron chi connectivity index (χ2n) is 7.16. The topological polar surface area (TPSA) is 113 Å². The van der Waals surface area contributed by atoms with Crippen molar-refractivity contribution < 1.29 is 31.9 Å². The quantitative estimate of drug-likeness (QED) is 0.412. The van der Waals surface area contributed by atoms with Gasteiger partial charge in [-0.05, 0) is 37.0 Å². The maximum atomic E-state index is 13.0. The lowest BCUT2D eigenvalue weighted by atomic mass is 10.1. The molecule has 11 heteroatoms. The Morgan fingerprint density at radius 1 is 1.10 bits per heavy atom. The lowest BCUT2D eigenvalue weighted by Gasteiger charge is -2.23. The molecule has 1 aromatic rings. The number of nitrogens with one attached hydrogen (secondary N) is 3. The average molecular weight is 432 g/mol. The van der Waals surface area contributed by atoms with Crippen LogP contribution in [0.4, 0.5) is 17.6 Å². The summed E-state index contributed by atoms with van der Waals surface area (Å²) in [6.45, 7) is 0.190. The summed E-state index contributed by atoms with van der Waals surface area (Å²) in [4.78, 5) is 36.6. The van der Waals surface area contributed by atoms with Crippen molar-refractivity contribution in [2.75, 3.05) is 13.1 Å². The Morgan fingerprint density at radius 3 is 2.27 bits per heavy atom. The molecule has 0 saturated heterocycles. The molecule has 30 heavy (non-hydrogen) atoms. The van der Waals surface area contributed by atoms with Crippen molar-refractivity contribution >= 4 is 17.7 Å². The first-order chi connectivity index (χ1) is 14.1. The van der Waals surface area contributed by atoms with E-state index in [2.05, 4.69) is 10.6 Å². The number of nitrogens with two attached hydrogens (primary N) is 1. The van der Waals surface area contributed by atoms with Gasteiger partial charge in [-0.1, -0.05) is 12.1 Å². The maximum absolute atomic E-state index is 13.0. The fraction of sp³-hybridized carbons (Fsp3) is 0.526. The van der Waals surface area contributed by atoms with Gasteiger partial charge in [0.05, 0.1) is 6.42 Å². The van der Waals surface area contributed by atoms with Gasteiger partial charge >= 0.3 is 6.18 Å². The number of amides is 3. The normalized spacial score (nSPS) is 15.8. The molecule has 0 aromatic heterocycles. The molecular weight excluding hydrogens is 408 g/mol. The zero-order valence-electron chi connectivity index (χ0n) is 16.2. The van der Waals surface area contributed by atoms with Gasteiger partial charge < -0.3 is 21.7 Å². The highest BCUT2D eigenvalue weighted by atomic mass is 19.4. The number of carbonyl (C=O) groups excluding carboxylic acids is 3. The van der Waals surface area contributed by atoms with E-state index in [0.717, 1.165) is 0 Å². The van der Waals surface area contributed by atoms with Gasteiger partial charge in [0.15, 0.2) is 0 Å². The zero-order chi connectivity index (χ0) is 22.4. The Labute approximate surface area is 170 Å². The molecule has 3 amide bonds. The predicted molar refractivity (Wildman–Crippen MR) is 99.5 cm³/mol. The van der Waals surface area contributed by atoms with Gasteiger partial charge in [0, 0.05) is 19.5 Å². The van der Waals surface area contributed by atoms with E-state index in [1.54, 1.807) is 0 Å². The Balaban J connectivity index is 1.94. The van der Waals surface area contributed by atoms with E-state index in [0.29, 0.717) is 5.56 Å². The van der Waals surface area contributed by atoms with Crippen LogP contribution >= 0.6 is 0 Å². The summed E-state index contributed by atoms with van der Waals surface area (Å²) < 4.78 is 52.0. The number of benzene rings is 1. The second kappa shape index (κ2) is 9.88. The van der Waals surface area contributed by atoms with Crippen molar-refractivity contribution in [1.82, 2.24) is 16.0 Å². The monoisotopic (exact) mass is 432 g/mol. The van der Waals surface area contributed by atoms with Gasteiger partial charge in [0.1, 0.15) is 17.4 Å². The molecule has 2 rings (SSSR count). The van der Waals surface area contributed by atoms with E-state index in [1.165, 1.54) is 24.3 Å². The summed E-state index contributed by atoms with van der Waals surface area (Å²) in [5, 5.41) is 6.71. The Kier molecular flexibility index (Phi) is 7.77. The van der Waals surface area contributed by atoms with Crippen molar-refractivity contribution in [3.05, 3.63) is 35.6 Å². The molecule has 1 fully saturated rings. The smallest absolute Gasteiger partial charge is 0.353 e. The highest BCUT2D eigenvalue weighted by Crippen LogP contribution is 2.48. The third-order valence-electron chi connectivity index (χ3n) is 4.71. The molecular formula is C19H24F4N4O3. The standard InChI is InChI=1S/C19H24F4N4O3/c20-13-4-1-12(2-5-13)3-6-15(28)26-14(17(30)25-10-9-24)11-16(29)27-18(7-8-18)19(21,22)23/h1-2,4-5,14H,3,6-11,24H2,(H,25,30)(H,26,28)(H,27,29). The molecule has 0 bridgehead atoms. The van der Waals surface area contributed by atoms with Crippen molar-refractivity contribution in [1.29, 1.82) is 0 Å². The van der Waals surface area contributed by atoms with Crippen LogP contribution in [0.1, 0.15) is 31.2 Å². The fourth-order valence-corrected chi connectivity index (χ4v) is 2.81. The molecule has 1 aromatic carbocycles.